The summed E-state index contributed by atoms with van der Waals surface area (Å²) in [5.41, 5.74) is 0. The van der Waals surface area contributed by atoms with Crippen molar-refractivity contribution >= 4 is 38.3 Å². The minimum absolute atomic E-state index is 0.138. The first-order valence-electron chi connectivity index (χ1n) is 16.3. The van der Waals surface area contributed by atoms with Crippen LogP contribution in [0, 0.1) is 0 Å². The molecule has 0 spiro atoms. The maximum Gasteiger partial charge on any atom is 0.330 e. The van der Waals surface area contributed by atoms with Crippen LogP contribution in [-0.2, 0) is 23.7 Å². The smallest absolute Gasteiger partial charge is 0.330 e. The molecule has 3 heterocycles. The van der Waals surface area contributed by atoms with Crippen LogP contribution in [-0.4, -0.2) is 79.2 Å². The van der Waals surface area contributed by atoms with E-state index in [1.807, 2.05) is 6.92 Å². The van der Waals surface area contributed by atoms with Gasteiger partial charge in [0, 0.05) is 25.9 Å². The molecule has 0 aromatic carbocycles. The molecule has 40 heavy (non-hydrogen) atoms. The molecule has 3 atom stereocenters. The van der Waals surface area contributed by atoms with Crippen LogP contribution in [0.5, 0.6) is 0 Å². The van der Waals surface area contributed by atoms with Crippen molar-refractivity contribution in [2.45, 2.75) is 151 Å². The SMILES string of the molecule is CC=CC(=O)OCCC[Si](C1([Si](C)(C)C)CCCCO1)(C1([Si](C)(C)C)CCCCO1)C1([Si](C)(C)C)CCCCO1. The van der Waals surface area contributed by atoms with Crippen molar-refractivity contribution in [2.75, 3.05) is 26.4 Å². The number of rotatable bonds is 11. The lowest BCUT2D eigenvalue weighted by molar-refractivity contribution is -0.137. The molecule has 0 bridgehead atoms. The molecule has 0 aromatic rings. The maximum atomic E-state index is 12.4. The van der Waals surface area contributed by atoms with Crippen LogP contribution >= 0.6 is 0 Å². The van der Waals surface area contributed by atoms with Gasteiger partial charge >= 0.3 is 5.97 Å². The first-order chi connectivity index (χ1) is 18.6. The van der Waals surface area contributed by atoms with Gasteiger partial charge in [-0.3, -0.25) is 0 Å². The van der Waals surface area contributed by atoms with Crippen molar-refractivity contribution in [3.05, 3.63) is 12.2 Å². The molecule has 3 aliphatic rings. The molecule has 3 saturated heterocycles. The van der Waals surface area contributed by atoms with E-state index in [0.29, 0.717) is 6.61 Å². The third-order valence-corrected chi connectivity index (χ3v) is 36.2. The van der Waals surface area contributed by atoms with Crippen LogP contribution in [0.2, 0.25) is 65.0 Å². The average molecular weight is 627 g/mol. The second-order valence-corrected chi connectivity index (χ2v) is 38.0. The minimum atomic E-state index is -2.73. The fourth-order valence-corrected chi connectivity index (χ4v) is 41.7. The van der Waals surface area contributed by atoms with E-state index in [-0.39, 0.29) is 20.5 Å². The molecule has 3 fully saturated rings. The second-order valence-electron chi connectivity index (χ2n) is 15.8. The van der Waals surface area contributed by atoms with Crippen LogP contribution in [0.25, 0.3) is 0 Å². The van der Waals surface area contributed by atoms with Crippen molar-refractivity contribution in [3.63, 3.8) is 0 Å². The van der Waals surface area contributed by atoms with Crippen molar-refractivity contribution in [1.82, 2.24) is 0 Å². The van der Waals surface area contributed by atoms with Crippen molar-refractivity contribution in [2.24, 2.45) is 0 Å². The van der Waals surface area contributed by atoms with Crippen LogP contribution < -0.4 is 0 Å². The van der Waals surface area contributed by atoms with Gasteiger partial charge in [0.15, 0.2) is 8.07 Å². The lowest BCUT2D eigenvalue weighted by Gasteiger charge is -2.74. The zero-order valence-electron chi connectivity index (χ0n) is 27.8. The van der Waals surface area contributed by atoms with Gasteiger partial charge in [-0.05, 0) is 77.2 Å². The predicted octanol–water partition coefficient (Wildman–Crippen LogP) is 8.01. The summed E-state index contributed by atoms with van der Waals surface area (Å²) in [4.78, 5) is 12.0. The highest BCUT2D eigenvalue weighted by molar-refractivity contribution is 7.15. The molecule has 232 valence electrons. The minimum Gasteiger partial charge on any atom is -0.463 e. The summed E-state index contributed by atoms with van der Waals surface area (Å²) < 4.78 is 28.4. The van der Waals surface area contributed by atoms with E-state index < -0.39 is 32.3 Å². The topological polar surface area (TPSA) is 54.0 Å². The molecule has 9 heteroatoms. The monoisotopic (exact) mass is 626 g/mol. The molecule has 5 nitrogen and oxygen atoms in total. The van der Waals surface area contributed by atoms with Gasteiger partial charge in [0.25, 0.3) is 0 Å². The molecule has 0 radical (unpaired) electrons. The number of hydrogen-bond donors (Lipinski definition) is 0. The van der Waals surface area contributed by atoms with Crippen LogP contribution in [0.1, 0.15) is 71.1 Å². The Kier molecular flexibility index (Phi) is 11.1. The summed E-state index contributed by atoms with van der Waals surface area (Å²) >= 11 is 0. The second kappa shape index (κ2) is 12.9. The highest BCUT2D eigenvalue weighted by Crippen LogP contribution is 2.62. The van der Waals surface area contributed by atoms with Crippen molar-refractivity contribution in [1.29, 1.82) is 0 Å². The van der Waals surface area contributed by atoms with Gasteiger partial charge in [-0.15, -0.1) is 0 Å². The van der Waals surface area contributed by atoms with Crippen LogP contribution in [0.3, 0.4) is 0 Å². The van der Waals surface area contributed by atoms with Crippen LogP contribution in [0.4, 0.5) is 0 Å². The molecular weight excluding hydrogens is 565 g/mol. The van der Waals surface area contributed by atoms with Gasteiger partial charge in [-0.1, -0.05) is 65.0 Å². The van der Waals surface area contributed by atoms with Gasteiger partial charge in [0.05, 0.1) is 45.4 Å². The van der Waals surface area contributed by atoms with E-state index in [4.69, 9.17) is 18.9 Å². The molecular formula is C31H62O5Si4. The summed E-state index contributed by atoms with van der Waals surface area (Å²) in [5.74, 6) is -0.230. The molecule has 3 aliphatic heterocycles. The maximum absolute atomic E-state index is 12.4. The van der Waals surface area contributed by atoms with Gasteiger partial charge in [0.1, 0.15) is 0 Å². The summed E-state index contributed by atoms with van der Waals surface area (Å²) in [6.07, 6.45) is 14.8. The predicted molar refractivity (Wildman–Crippen MR) is 179 cm³/mol. The lowest BCUT2D eigenvalue weighted by Crippen LogP contribution is -2.95. The van der Waals surface area contributed by atoms with E-state index in [1.54, 1.807) is 12.2 Å². The third-order valence-electron chi connectivity index (χ3n) is 10.8. The number of hydrogen-bond acceptors (Lipinski definition) is 5. The Morgan fingerprint density at radius 1 is 0.675 bits per heavy atom. The molecule has 3 rings (SSSR count). The molecule has 0 aliphatic carbocycles. The molecule has 0 N–H and O–H groups in total. The number of carbonyl (C=O) groups is 1. The van der Waals surface area contributed by atoms with E-state index in [0.717, 1.165) is 70.8 Å². The van der Waals surface area contributed by atoms with E-state index in [9.17, 15) is 4.79 Å². The van der Waals surface area contributed by atoms with E-state index in [1.165, 1.54) is 19.3 Å². The Labute approximate surface area is 250 Å². The number of carbonyl (C=O) groups excluding carboxylic acids is 1. The largest absolute Gasteiger partial charge is 0.463 e. The lowest BCUT2D eigenvalue weighted by atomic mass is 10.2. The molecule has 3 unspecified atom stereocenters. The Morgan fingerprint density at radius 2 is 1.05 bits per heavy atom. The number of ether oxygens (including phenoxy) is 4. The molecule has 0 saturated carbocycles. The quantitative estimate of drug-likeness (QED) is 0.101. The highest BCUT2D eigenvalue weighted by Gasteiger charge is 2.81. The van der Waals surface area contributed by atoms with Gasteiger partial charge in [-0.2, -0.15) is 0 Å². The summed E-state index contributed by atoms with van der Waals surface area (Å²) in [6.45, 7) is 28.2. The number of esters is 1. The fourth-order valence-electron chi connectivity index (χ4n) is 9.37. The van der Waals surface area contributed by atoms with Crippen molar-refractivity contribution < 1.29 is 23.7 Å². The summed E-state index contributed by atoms with van der Waals surface area (Å²) in [7, 11) is -8.59. The highest BCUT2D eigenvalue weighted by atomic mass is 28.4. The normalized spacial score (nSPS) is 32.5. The molecule has 0 amide bonds. The zero-order valence-corrected chi connectivity index (χ0v) is 31.8. The molecule has 0 aromatic heterocycles. The standard InChI is InChI=1S/C31H62O5Si4/c1-11-19-28(32)33-23-18-27-40(29(37(2,3)4)20-12-15-24-34-29,30(38(5,6)7)21-13-16-25-35-30)31(39(8,9)10)22-14-17-26-36-31/h11,19H,12-18,20-27H2,1-10H3. The van der Waals surface area contributed by atoms with Crippen LogP contribution in [0.15, 0.2) is 12.2 Å². The summed E-state index contributed by atoms with van der Waals surface area (Å²) in [5, 5.41) is 0. The van der Waals surface area contributed by atoms with Gasteiger partial charge in [-0.25, -0.2) is 4.79 Å². The Bertz CT molecular complexity index is 777. The third kappa shape index (κ3) is 5.75. The van der Waals surface area contributed by atoms with E-state index in [2.05, 4.69) is 58.9 Å². The average Bonchev–Trinajstić information content (AvgIpc) is 2.88. The fraction of sp³-hybridized carbons (Fsp3) is 0.903. The van der Waals surface area contributed by atoms with Gasteiger partial charge in [0.2, 0.25) is 0 Å². The van der Waals surface area contributed by atoms with Gasteiger partial charge < -0.3 is 18.9 Å². The van der Waals surface area contributed by atoms with E-state index >= 15 is 0 Å². The first-order valence-corrected chi connectivity index (χ1v) is 29.0. The number of allylic oxidation sites excluding steroid dienone is 1. The van der Waals surface area contributed by atoms with Crippen molar-refractivity contribution in [3.8, 4) is 0 Å². The first kappa shape index (κ1) is 34.4. The summed E-state index contributed by atoms with van der Waals surface area (Å²) in [6, 6.07) is 1.06. The Morgan fingerprint density at radius 3 is 1.32 bits per heavy atom. The zero-order chi connectivity index (χ0) is 29.9. The Balaban J connectivity index is 2.43. The Hall–Kier alpha value is -0.0425.